The van der Waals surface area contributed by atoms with Crippen molar-refractivity contribution in [2.75, 3.05) is 34.4 Å². The number of guanidine groups is 1. The Labute approximate surface area is 191 Å². The predicted molar refractivity (Wildman–Crippen MR) is 129 cm³/mol. The maximum absolute atomic E-state index is 5.64. The van der Waals surface area contributed by atoms with Crippen molar-refractivity contribution in [1.82, 2.24) is 10.6 Å². The molecule has 0 spiro atoms. The first-order chi connectivity index (χ1) is 13.6. The van der Waals surface area contributed by atoms with Gasteiger partial charge in [0.25, 0.3) is 0 Å². The summed E-state index contributed by atoms with van der Waals surface area (Å²) in [5.41, 5.74) is 3.50. The zero-order valence-corrected chi connectivity index (χ0v) is 20.2. The summed E-state index contributed by atoms with van der Waals surface area (Å²) in [6.07, 6.45) is 0.850. The Morgan fingerprint density at radius 2 is 1.69 bits per heavy atom. The number of nitrogens with one attached hydrogen (secondary N) is 2. The number of methoxy groups -OCH3 is 2. The highest BCUT2D eigenvalue weighted by Gasteiger charge is 2.07. The monoisotopic (exact) mass is 513 g/mol. The molecule has 2 aromatic rings. The van der Waals surface area contributed by atoms with Gasteiger partial charge in [-0.05, 0) is 49.6 Å². The Hall–Kier alpha value is -2.16. The van der Waals surface area contributed by atoms with Gasteiger partial charge in [-0.1, -0.05) is 23.8 Å². The van der Waals surface area contributed by atoms with Crippen LogP contribution < -0.4 is 24.8 Å². The molecule has 0 heterocycles. The Bertz CT molecular complexity index is 797. The van der Waals surface area contributed by atoms with Crippen LogP contribution in [0.2, 0.25) is 0 Å². The zero-order chi connectivity index (χ0) is 20.4. The molecule has 0 amide bonds. The van der Waals surface area contributed by atoms with Crippen molar-refractivity contribution < 1.29 is 14.2 Å². The summed E-state index contributed by atoms with van der Waals surface area (Å²) in [5, 5.41) is 6.68. The second-order valence-corrected chi connectivity index (χ2v) is 6.34. The summed E-state index contributed by atoms with van der Waals surface area (Å²) in [4.78, 5) is 4.29. The summed E-state index contributed by atoms with van der Waals surface area (Å²) in [5.74, 6) is 3.15. The fraction of sp³-hybridized carbons (Fsp3) is 0.409. The first-order valence-electron chi connectivity index (χ1n) is 9.49. The lowest BCUT2D eigenvalue weighted by Crippen LogP contribution is -2.37. The van der Waals surface area contributed by atoms with Gasteiger partial charge < -0.3 is 24.8 Å². The fourth-order valence-corrected chi connectivity index (χ4v) is 2.92. The number of rotatable bonds is 9. The van der Waals surface area contributed by atoms with Crippen LogP contribution in [-0.2, 0) is 13.0 Å². The van der Waals surface area contributed by atoms with Gasteiger partial charge in [0.1, 0.15) is 5.75 Å². The summed E-state index contributed by atoms with van der Waals surface area (Å²) in [6.45, 7) is 6.03. The number of aliphatic imine (C=N–C) groups is 1. The van der Waals surface area contributed by atoms with Crippen LogP contribution in [0.15, 0.2) is 41.4 Å². The number of hydrogen-bond acceptors (Lipinski definition) is 4. The highest BCUT2D eigenvalue weighted by atomic mass is 127. The minimum atomic E-state index is 0. The molecule has 0 unspecified atom stereocenters. The molecule has 160 valence electrons. The van der Waals surface area contributed by atoms with E-state index < -0.39 is 0 Å². The van der Waals surface area contributed by atoms with E-state index >= 15 is 0 Å². The number of aryl methyl sites for hydroxylation is 1. The van der Waals surface area contributed by atoms with Crippen LogP contribution in [0, 0.1) is 6.92 Å². The third-order valence-corrected chi connectivity index (χ3v) is 4.33. The highest BCUT2D eigenvalue weighted by molar-refractivity contribution is 14.0. The minimum Gasteiger partial charge on any atom is -0.496 e. The largest absolute Gasteiger partial charge is 0.496 e. The van der Waals surface area contributed by atoms with Crippen molar-refractivity contribution in [3.63, 3.8) is 0 Å². The van der Waals surface area contributed by atoms with Gasteiger partial charge in [-0.2, -0.15) is 0 Å². The van der Waals surface area contributed by atoms with E-state index in [2.05, 4.69) is 34.7 Å². The van der Waals surface area contributed by atoms with Gasteiger partial charge in [0.2, 0.25) is 0 Å². The molecule has 0 saturated carbocycles. The molecular weight excluding hydrogens is 481 g/mol. The van der Waals surface area contributed by atoms with E-state index in [4.69, 9.17) is 14.2 Å². The van der Waals surface area contributed by atoms with E-state index in [9.17, 15) is 0 Å². The Morgan fingerprint density at radius 1 is 0.966 bits per heavy atom. The first kappa shape index (κ1) is 24.9. The molecule has 0 fully saturated rings. The van der Waals surface area contributed by atoms with Crippen molar-refractivity contribution in [3.8, 4) is 17.2 Å². The van der Waals surface area contributed by atoms with Crippen molar-refractivity contribution in [2.24, 2.45) is 4.99 Å². The Balaban J connectivity index is 0.00000420. The molecule has 0 aliphatic heterocycles. The quantitative estimate of drug-likeness (QED) is 0.302. The van der Waals surface area contributed by atoms with Crippen molar-refractivity contribution in [2.45, 2.75) is 26.8 Å². The molecule has 0 atom stereocenters. The van der Waals surface area contributed by atoms with Crippen LogP contribution in [0.25, 0.3) is 0 Å². The molecule has 6 nitrogen and oxygen atoms in total. The van der Waals surface area contributed by atoms with Crippen molar-refractivity contribution in [3.05, 3.63) is 53.1 Å². The summed E-state index contributed by atoms with van der Waals surface area (Å²) in [6, 6.07) is 12.1. The van der Waals surface area contributed by atoms with Crippen LogP contribution >= 0.6 is 24.0 Å². The number of halogens is 1. The third kappa shape index (κ3) is 7.64. The predicted octanol–water partition coefficient (Wildman–Crippen LogP) is 3.94. The van der Waals surface area contributed by atoms with Crippen molar-refractivity contribution >= 4 is 29.9 Å². The number of benzene rings is 2. The molecule has 0 aliphatic carbocycles. The first-order valence-corrected chi connectivity index (χ1v) is 9.49. The van der Waals surface area contributed by atoms with Crippen LogP contribution in [0.3, 0.4) is 0 Å². The van der Waals surface area contributed by atoms with E-state index in [1.165, 1.54) is 11.1 Å². The number of hydrogen-bond donors (Lipinski definition) is 2. The van der Waals surface area contributed by atoms with Gasteiger partial charge >= 0.3 is 0 Å². The van der Waals surface area contributed by atoms with Gasteiger partial charge in [-0.25, -0.2) is 0 Å². The molecule has 7 heteroatoms. The van der Waals surface area contributed by atoms with Gasteiger partial charge in [0, 0.05) is 20.1 Å². The second-order valence-electron chi connectivity index (χ2n) is 6.34. The normalized spacial score (nSPS) is 10.7. The lowest BCUT2D eigenvalue weighted by molar-refractivity contribution is 0.310. The van der Waals surface area contributed by atoms with Gasteiger partial charge in [-0.15, -0.1) is 24.0 Å². The van der Waals surface area contributed by atoms with Crippen LogP contribution in [0.4, 0.5) is 0 Å². The van der Waals surface area contributed by atoms with Crippen molar-refractivity contribution in [1.29, 1.82) is 0 Å². The van der Waals surface area contributed by atoms with E-state index in [-0.39, 0.29) is 24.0 Å². The minimum absolute atomic E-state index is 0. The van der Waals surface area contributed by atoms with Gasteiger partial charge in [0.05, 0.1) is 20.8 Å². The second kappa shape index (κ2) is 13.1. The fourth-order valence-electron chi connectivity index (χ4n) is 2.92. The smallest absolute Gasteiger partial charge is 0.191 e. The molecule has 2 aromatic carbocycles. The zero-order valence-electron chi connectivity index (χ0n) is 17.9. The Morgan fingerprint density at radius 3 is 2.34 bits per heavy atom. The molecule has 0 bridgehead atoms. The summed E-state index contributed by atoms with van der Waals surface area (Å²) in [7, 11) is 5.11. The Kier molecular flexibility index (Phi) is 11.3. The van der Waals surface area contributed by atoms with Crippen LogP contribution in [0.5, 0.6) is 17.2 Å². The van der Waals surface area contributed by atoms with E-state index in [1.807, 2.05) is 31.2 Å². The van der Waals surface area contributed by atoms with Gasteiger partial charge in [0.15, 0.2) is 17.5 Å². The molecule has 2 N–H and O–H groups in total. The SMILES string of the molecule is CCOc1cc(CNC(=NC)NCCc2cc(C)ccc2OC)ccc1OC.I. The highest BCUT2D eigenvalue weighted by Crippen LogP contribution is 2.28. The molecule has 0 aromatic heterocycles. The molecule has 29 heavy (non-hydrogen) atoms. The molecule has 2 rings (SSSR count). The maximum atomic E-state index is 5.64. The third-order valence-electron chi connectivity index (χ3n) is 4.33. The lowest BCUT2D eigenvalue weighted by atomic mass is 10.1. The molecular formula is C22H32IN3O3. The number of ether oxygens (including phenoxy) is 3. The average molecular weight is 513 g/mol. The van der Waals surface area contributed by atoms with E-state index in [0.717, 1.165) is 41.7 Å². The lowest BCUT2D eigenvalue weighted by Gasteiger charge is -2.15. The van der Waals surface area contributed by atoms with Crippen LogP contribution in [-0.4, -0.2) is 40.4 Å². The standard InChI is InChI=1S/C22H31N3O3.HI/c1-6-28-21-14-17(8-10-20(21)27-5)15-25-22(23-3)24-12-11-18-13-16(2)7-9-19(18)26-4;/h7-10,13-14H,6,11-12,15H2,1-5H3,(H2,23,24,25);1H. The summed E-state index contributed by atoms with van der Waals surface area (Å²) < 4.78 is 16.4. The van der Waals surface area contributed by atoms with Gasteiger partial charge in [-0.3, -0.25) is 4.99 Å². The summed E-state index contributed by atoms with van der Waals surface area (Å²) >= 11 is 0. The van der Waals surface area contributed by atoms with Crippen LogP contribution in [0.1, 0.15) is 23.6 Å². The topological polar surface area (TPSA) is 64.1 Å². The maximum Gasteiger partial charge on any atom is 0.191 e. The molecule has 0 saturated heterocycles. The number of nitrogens with zero attached hydrogens (tertiary/aromatic N) is 1. The van der Waals surface area contributed by atoms with E-state index in [1.54, 1.807) is 21.3 Å². The molecule has 0 aliphatic rings. The molecule has 0 radical (unpaired) electrons. The van der Waals surface area contributed by atoms with E-state index in [0.29, 0.717) is 13.2 Å². The average Bonchev–Trinajstić information content (AvgIpc) is 2.71.